The van der Waals surface area contributed by atoms with E-state index in [4.69, 9.17) is 4.74 Å². The summed E-state index contributed by atoms with van der Waals surface area (Å²) in [7, 11) is 0. The first kappa shape index (κ1) is 12.6. The molecule has 17 heavy (non-hydrogen) atoms. The van der Waals surface area contributed by atoms with Crippen LogP contribution in [0.3, 0.4) is 0 Å². The third-order valence-corrected chi connectivity index (χ3v) is 3.34. The molecule has 1 N–H and O–H groups in total. The normalized spacial score (nSPS) is 33.9. The summed E-state index contributed by atoms with van der Waals surface area (Å²) in [6, 6.07) is 0. The van der Waals surface area contributed by atoms with Crippen molar-refractivity contribution in [2.75, 3.05) is 0 Å². The minimum atomic E-state index is -0.640. The molecule has 2 unspecified atom stereocenters. The highest BCUT2D eigenvalue weighted by Crippen LogP contribution is 2.31. The average molecular weight is 238 g/mol. The minimum absolute atomic E-state index is 0.130. The van der Waals surface area contributed by atoms with Gasteiger partial charge in [0.2, 0.25) is 0 Å². The number of aryl methyl sites for hydroxylation is 1. The molecule has 96 valence electrons. The summed E-state index contributed by atoms with van der Waals surface area (Å²) in [5.41, 5.74) is 0.467. The molecule has 0 spiro atoms. The predicted octanol–water partition coefficient (Wildman–Crippen LogP) is 1.76. The average Bonchev–Trinajstić information content (AvgIpc) is 2.62. The van der Waals surface area contributed by atoms with E-state index in [9.17, 15) is 5.11 Å². The lowest BCUT2D eigenvalue weighted by Gasteiger charge is -2.39. The summed E-state index contributed by atoms with van der Waals surface area (Å²) in [5, 5.41) is 14.9. The van der Waals surface area contributed by atoms with Crippen molar-refractivity contribution in [3.05, 3.63) is 18.0 Å². The molecule has 2 atom stereocenters. The van der Waals surface area contributed by atoms with Crippen LogP contribution in [-0.4, -0.2) is 32.7 Å². The van der Waals surface area contributed by atoms with Crippen molar-refractivity contribution in [3.8, 4) is 0 Å². The third-order valence-electron chi connectivity index (χ3n) is 3.34. The fourth-order valence-corrected chi connectivity index (χ4v) is 2.84. The van der Waals surface area contributed by atoms with Gasteiger partial charge < -0.3 is 9.84 Å². The van der Waals surface area contributed by atoms with Crippen molar-refractivity contribution in [1.29, 1.82) is 0 Å². The van der Waals surface area contributed by atoms with Gasteiger partial charge in [0.25, 0.3) is 0 Å². The molecule has 0 saturated carbocycles. The Morgan fingerprint density at radius 2 is 2.12 bits per heavy atom. The van der Waals surface area contributed by atoms with Crippen LogP contribution in [0, 0.1) is 0 Å². The Morgan fingerprint density at radius 3 is 2.65 bits per heavy atom. The highest BCUT2D eigenvalue weighted by Gasteiger charge is 2.36. The summed E-state index contributed by atoms with van der Waals surface area (Å²) in [6.07, 6.45) is 6.21. The maximum Gasteiger partial charge on any atom is 0.0738 e. The number of hydrogen-bond acceptors (Lipinski definition) is 3. The lowest BCUT2D eigenvalue weighted by Crippen LogP contribution is -2.44. The van der Waals surface area contributed by atoms with E-state index < -0.39 is 5.60 Å². The zero-order chi connectivity index (χ0) is 12.5. The molecule has 0 aromatic carbocycles. The van der Waals surface area contributed by atoms with Gasteiger partial charge in [0.15, 0.2) is 0 Å². The maximum absolute atomic E-state index is 10.6. The Balaban J connectivity index is 2.05. The molecule has 0 aliphatic carbocycles. The number of aromatic nitrogens is 2. The standard InChI is InChI=1S/C13H22N2O2/c1-4-15-9-12(8-14-15)7-13(16)5-10(2)17-11(3)6-13/h8-11,16H,4-7H2,1-3H3. The SMILES string of the molecule is CCn1cc(CC2(O)CC(C)OC(C)C2)cn1. The Morgan fingerprint density at radius 1 is 1.47 bits per heavy atom. The van der Waals surface area contributed by atoms with E-state index in [2.05, 4.69) is 12.0 Å². The van der Waals surface area contributed by atoms with E-state index >= 15 is 0 Å². The molecule has 1 aromatic rings. The highest BCUT2D eigenvalue weighted by molar-refractivity contribution is 5.09. The summed E-state index contributed by atoms with van der Waals surface area (Å²) in [5.74, 6) is 0. The van der Waals surface area contributed by atoms with Gasteiger partial charge in [-0.1, -0.05) is 0 Å². The molecule has 1 aromatic heterocycles. The van der Waals surface area contributed by atoms with Crippen LogP contribution in [0.1, 0.15) is 39.2 Å². The first-order valence-electron chi connectivity index (χ1n) is 6.40. The van der Waals surface area contributed by atoms with Crippen LogP contribution in [0.4, 0.5) is 0 Å². The molecule has 2 heterocycles. The summed E-state index contributed by atoms with van der Waals surface area (Å²) in [4.78, 5) is 0. The van der Waals surface area contributed by atoms with E-state index in [1.807, 2.05) is 30.9 Å². The number of hydrogen-bond donors (Lipinski definition) is 1. The van der Waals surface area contributed by atoms with Gasteiger partial charge in [-0.2, -0.15) is 5.10 Å². The fraction of sp³-hybridized carbons (Fsp3) is 0.769. The predicted molar refractivity (Wildman–Crippen MR) is 65.8 cm³/mol. The van der Waals surface area contributed by atoms with Crippen LogP contribution < -0.4 is 0 Å². The van der Waals surface area contributed by atoms with E-state index in [0.29, 0.717) is 19.3 Å². The van der Waals surface area contributed by atoms with E-state index in [0.717, 1.165) is 12.1 Å². The second-order valence-electron chi connectivity index (χ2n) is 5.27. The van der Waals surface area contributed by atoms with Gasteiger partial charge in [-0.05, 0) is 26.3 Å². The smallest absolute Gasteiger partial charge is 0.0738 e. The first-order chi connectivity index (χ1) is 8.00. The van der Waals surface area contributed by atoms with Crippen molar-refractivity contribution in [2.24, 2.45) is 0 Å². The van der Waals surface area contributed by atoms with Crippen molar-refractivity contribution in [2.45, 2.75) is 64.4 Å². The van der Waals surface area contributed by atoms with E-state index in [1.165, 1.54) is 0 Å². The molecule has 4 nitrogen and oxygen atoms in total. The van der Waals surface area contributed by atoms with Crippen LogP contribution >= 0.6 is 0 Å². The lowest BCUT2D eigenvalue weighted by molar-refractivity contribution is -0.130. The van der Waals surface area contributed by atoms with Crippen molar-refractivity contribution in [1.82, 2.24) is 9.78 Å². The maximum atomic E-state index is 10.6. The third kappa shape index (κ3) is 3.07. The van der Waals surface area contributed by atoms with Gasteiger partial charge in [0, 0.05) is 32.0 Å². The van der Waals surface area contributed by atoms with Crippen LogP contribution in [0.5, 0.6) is 0 Å². The first-order valence-corrected chi connectivity index (χ1v) is 6.40. The van der Waals surface area contributed by atoms with Crippen LogP contribution in [0.25, 0.3) is 0 Å². The molecule has 1 fully saturated rings. The van der Waals surface area contributed by atoms with Crippen molar-refractivity contribution < 1.29 is 9.84 Å². The Labute approximate surface area is 103 Å². The van der Waals surface area contributed by atoms with Gasteiger partial charge >= 0.3 is 0 Å². The van der Waals surface area contributed by atoms with Crippen molar-refractivity contribution >= 4 is 0 Å². The summed E-state index contributed by atoms with van der Waals surface area (Å²) in [6.45, 7) is 6.98. The molecule has 1 aliphatic heterocycles. The molecule has 0 bridgehead atoms. The number of aliphatic hydroxyl groups is 1. The fourth-order valence-electron chi connectivity index (χ4n) is 2.84. The van der Waals surface area contributed by atoms with Gasteiger partial charge in [-0.15, -0.1) is 0 Å². The van der Waals surface area contributed by atoms with Gasteiger partial charge in [0.1, 0.15) is 0 Å². The Kier molecular flexibility index (Phi) is 3.54. The van der Waals surface area contributed by atoms with Crippen LogP contribution in [0.15, 0.2) is 12.4 Å². The monoisotopic (exact) mass is 238 g/mol. The second kappa shape index (κ2) is 4.78. The Hall–Kier alpha value is -0.870. The zero-order valence-corrected chi connectivity index (χ0v) is 10.9. The zero-order valence-electron chi connectivity index (χ0n) is 10.9. The van der Waals surface area contributed by atoms with Gasteiger partial charge in [-0.25, -0.2) is 0 Å². The van der Waals surface area contributed by atoms with E-state index in [1.54, 1.807) is 0 Å². The molecular formula is C13H22N2O2. The number of ether oxygens (including phenoxy) is 1. The highest BCUT2D eigenvalue weighted by atomic mass is 16.5. The minimum Gasteiger partial charge on any atom is -0.389 e. The summed E-state index contributed by atoms with van der Waals surface area (Å²) >= 11 is 0. The van der Waals surface area contributed by atoms with Crippen LogP contribution in [0.2, 0.25) is 0 Å². The van der Waals surface area contributed by atoms with Crippen LogP contribution in [-0.2, 0) is 17.7 Å². The molecule has 4 heteroatoms. The van der Waals surface area contributed by atoms with Gasteiger partial charge in [0.05, 0.1) is 24.0 Å². The summed E-state index contributed by atoms with van der Waals surface area (Å²) < 4.78 is 7.56. The molecular weight excluding hydrogens is 216 g/mol. The molecule has 2 rings (SSSR count). The second-order valence-corrected chi connectivity index (χ2v) is 5.27. The lowest BCUT2D eigenvalue weighted by atomic mass is 9.83. The van der Waals surface area contributed by atoms with Crippen molar-refractivity contribution in [3.63, 3.8) is 0 Å². The Bertz CT molecular complexity index is 365. The molecule has 0 amide bonds. The van der Waals surface area contributed by atoms with Gasteiger partial charge in [-0.3, -0.25) is 4.68 Å². The number of rotatable bonds is 3. The number of nitrogens with zero attached hydrogens (tertiary/aromatic N) is 2. The molecule has 0 radical (unpaired) electrons. The van der Waals surface area contributed by atoms with E-state index in [-0.39, 0.29) is 12.2 Å². The molecule has 1 saturated heterocycles. The largest absolute Gasteiger partial charge is 0.389 e. The molecule has 1 aliphatic rings. The topological polar surface area (TPSA) is 47.3 Å². The quantitative estimate of drug-likeness (QED) is 0.873.